The molecule has 18 heavy (non-hydrogen) atoms. The molecule has 0 aliphatic rings. The van der Waals surface area contributed by atoms with E-state index in [0.717, 1.165) is 0 Å². The molecule has 2 N–H and O–H groups in total. The number of hydrogen-bond donors (Lipinski definition) is 2. The monoisotopic (exact) mass is 254 g/mol. The van der Waals surface area contributed by atoms with E-state index in [1.807, 2.05) is 0 Å². The van der Waals surface area contributed by atoms with Gasteiger partial charge in [0.15, 0.2) is 0 Å². The molecule has 1 rings (SSSR count). The summed E-state index contributed by atoms with van der Waals surface area (Å²) < 4.78 is 6.69. The van der Waals surface area contributed by atoms with Crippen molar-refractivity contribution < 1.29 is 19.4 Å². The number of rotatable bonds is 4. The van der Waals surface area contributed by atoms with Crippen molar-refractivity contribution in [3.05, 3.63) is 24.5 Å². The molecule has 0 bridgehead atoms. The summed E-state index contributed by atoms with van der Waals surface area (Å²) in [4.78, 5) is 22.5. The van der Waals surface area contributed by atoms with Gasteiger partial charge in [0.05, 0.1) is 6.54 Å². The zero-order valence-electron chi connectivity index (χ0n) is 10.7. The van der Waals surface area contributed by atoms with Crippen LogP contribution in [0.3, 0.4) is 0 Å². The molecule has 6 heteroatoms. The molecule has 0 saturated heterocycles. The van der Waals surface area contributed by atoms with Crippen LogP contribution in [0.2, 0.25) is 0 Å². The van der Waals surface area contributed by atoms with Crippen molar-refractivity contribution in [1.82, 2.24) is 9.88 Å². The highest BCUT2D eigenvalue weighted by molar-refractivity contribution is 5.79. The minimum Gasteiger partial charge on any atom is -0.480 e. The fraction of sp³-hybridized carbons (Fsp3) is 0.500. The molecule has 1 unspecified atom stereocenters. The Bertz CT molecular complexity index is 406. The van der Waals surface area contributed by atoms with Crippen LogP contribution in [0.4, 0.5) is 4.79 Å². The Labute approximate surface area is 106 Å². The van der Waals surface area contributed by atoms with Crippen LogP contribution in [-0.4, -0.2) is 33.4 Å². The summed E-state index contributed by atoms with van der Waals surface area (Å²) in [6.07, 6.45) is 2.72. The van der Waals surface area contributed by atoms with Crippen LogP contribution in [0.5, 0.6) is 0 Å². The molecule has 6 nitrogen and oxygen atoms in total. The third-order valence-electron chi connectivity index (χ3n) is 2.05. The lowest BCUT2D eigenvalue weighted by molar-refractivity contribution is -0.139. The number of ether oxygens (including phenoxy) is 1. The van der Waals surface area contributed by atoms with Gasteiger partial charge in [-0.3, -0.25) is 0 Å². The van der Waals surface area contributed by atoms with Gasteiger partial charge in [-0.25, -0.2) is 9.59 Å². The van der Waals surface area contributed by atoms with Crippen LogP contribution < -0.4 is 5.32 Å². The number of amides is 1. The fourth-order valence-electron chi connectivity index (χ4n) is 1.34. The number of nitrogens with zero attached hydrogens (tertiary/aromatic N) is 1. The third kappa shape index (κ3) is 4.90. The van der Waals surface area contributed by atoms with E-state index in [4.69, 9.17) is 9.84 Å². The van der Waals surface area contributed by atoms with Gasteiger partial charge in [-0.1, -0.05) is 0 Å². The van der Waals surface area contributed by atoms with Crippen LogP contribution in [0, 0.1) is 0 Å². The van der Waals surface area contributed by atoms with Gasteiger partial charge in [-0.15, -0.1) is 0 Å². The Morgan fingerprint density at radius 1 is 1.33 bits per heavy atom. The van der Waals surface area contributed by atoms with Crippen LogP contribution >= 0.6 is 0 Å². The maximum atomic E-state index is 11.5. The summed E-state index contributed by atoms with van der Waals surface area (Å²) in [6.45, 7) is 5.30. The highest BCUT2D eigenvalue weighted by Crippen LogP contribution is 2.07. The molecule has 1 heterocycles. The van der Waals surface area contributed by atoms with E-state index in [1.54, 1.807) is 49.9 Å². The number of carboxylic acids is 1. The molecule has 0 saturated carbocycles. The lowest BCUT2D eigenvalue weighted by Crippen LogP contribution is -2.45. The van der Waals surface area contributed by atoms with Crippen molar-refractivity contribution in [3.8, 4) is 0 Å². The van der Waals surface area contributed by atoms with Crippen molar-refractivity contribution >= 4 is 12.1 Å². The molecular weight excluding hydrogens is 236 g/mol. The summed E-state index contributed by atoms with van der Waals surface area (Å²) >= 11 is 0. The van der Waals surface area contributed by atoms with Gasteiger partial charge in [0.2, 0.25) is 0 Å². The minimum absolute atomic E-state index is 0.154. The lowest BCUT2D eigenvalue weighted by Gasteiger charge is -2.22. The Hall–Kier alpha value is -1.98. The fourth-order valence-corrected chi connectivity index (χ4v) is 1.34. The third-order valence-corrected chi connectivity index (χ3v) is 2.05. The normalized spacial score (nSPS) is 12.8. The largest absolute Gasteiger partial charge is 0.480 e. The number of carbonyl (C=O) groups excluding carboxylic acids is 1. The number of aromatic nitrogens is 1. The second-order valence-electron chi connectivity index (χ2n) is 4.92. The van der Waals surface area contributed by atoms with E-state index in [9.17, 15) is 9.59 Å². The highest BCUT2D eigenvalue weighted by atomic mass is 16.6. The molecule has 100 valence electrons. The molecule has 0 radical (unpaired) electrons. The Balaban J connectivity index is 2.58. The van der Waals surface area contributed by atoms with E-state index in [0.29, 0.717) is 0 Å². The van der Waals surface area contributed by atoms with Crippen molar-refractivity contribution in [2.45, 2.75) is 39.0 Å². The average molecular weight is 254 g/mol. The predicted octanol–water partition coefficient (Wildman–Crippen LogP) is 1.47. The zero-order valence-corrected chi connectivity index (χ0v) is 10.7. The molecule has 0 aliphatic carbocycles. The van der Waals surface area contributed by atoms with Crippen LogP contribution in [0.1, 0.15) is 20.8 Å². The summed E-state index contributed by atoms with van der Waals surface area (Å²) in [5.74, 6) is -1.10. The summed E-state index contributed by atoms with van der Waals surface area (Å²) in [5.41, 5.74) is -0.652. The van der Waals surface area contributed by atoms with E-state index < -0.39 is 23.7 Å². The first kappa shape index (κ1) is 14.1. The van der Waals surface area contributed by atoms with E-state index in [1.165, 1.54) is 0 Å². The maximum Gasteiger partial charge on any atom is 0.408 e. The molecule has 0 aromatic carbocycles. The van der Waals surface area contributed by atoms with Gasteiger partial charge in [-0.2, -0.15) is 0 Å². The summed E-state index contributed by atoms with van der Waals surface area (Å²) in [7, 11) is 0. The number of aliphatic carboxylic acids is 1. The summed E-state index contributed by atoms with van der Waals surface area (Å²) in [6, 6.07) is 2.55. The predicted molar refractivity (Wildman–Crippen MR) is 65.2 cm³/mol. The molecule has 0 aliphatic heterocycles. The van der Waals surface area contributed by atoms with Gasteiger partial charge in [0.25, 0.3) is 0 Å². The minimum atomic E-state index is -1.10. The summed E-state index contributed by atoms with van der Waals surface area (Å²) in [5, 5.41) is 11.4. The molecular formula is C12H18N2O4. The first-order valence-electron chi connectivity index (χ1n) is 5.61. The Morgan fingerprint density at radius 2 is 1.89 bits per heavy atom. The molecule has 1 amide bonds. The smallest absolute Gasteiger partial charge is 0.408 e. The Morgan fingerprint density at radius 3 is 2.33 bits per heavy atom. The molecule has 1 aromatic heterocycles. The number of alkyl carbamates (subject to hydrolysis) is 1. The molecule has 1 atom stereocenters. The molecule has 0 fully saturated rings. The maximum absolute atomic E-state index is 11.5. The second-order valence-corrected chi connectivity index (χ2v) is 4.92. The van der Waals surface area contributed by atoms with Crippen LogP contribution in [0.25, 0.3) is 0 Å². The first-order chi connectivity index (χ1) is 8.28. The van der Waals surface area contributed by atoms with Crippen LogP contribution in [-0.2, 0) is 16.1 Å². The number of carboxylic acid groups (broad SMARTS) is 1. The first-order valence-corrected chi connectivity index (χ1v) is 5.61. The van der Waals surface area contributed by atoms with Crippen molar-refractivity contribution in [1.29, 1.82) is 0 Å². The van der Waals surface area contributed by atoms with Crippen LogP contribution in [0.15, 0.2) is 24.5 Å². The van der Waals surface area contributed by atoms with Crippen molar-refractivity contribution in [3.63, 3.8) is 0 Å². The quantitative estimate of drug-likeness (QED) is 0.852. The molecule has 0 spiro atoms. The number of nitrogens with one attached hydrogen (secondary N) is 1. The average Bonchev–Trinajstić information content (AvgIpc) is 2.66. The lowest BCUT2D eigenvalue weighted by atomic mass is 10.2. The topological polar surface area (TPSA) is 80.6 Å². The van der Waals surface area contributed by atoms with Crippen molar-refractivity contribution in [2.24, 2.45) is 0 Å². The van der Waals surface area contributed by atoms with E-state index in [-0.39, 0.29) is 6.54 Å². The number of carbonyl (C=O) groups is 2. The van der Waals surface area contributed by atoms with Gasteiger partial charge < -0.3 is 19.7 Å². The van der Waals surface area contributed by atoms with Gasteiger partial charge in [-0.05, 0) is 32.9 Å². The second kappa shape index (κ2) is 5.57. The highest BCUT2D eigenvalue weighted by Gasteiger charge is 2.23. The van der Waals surface area contributed by atoms with Crippen molar-refractivity contribution in [2.75, 3.05) is 0 Å². The van der Waals surface area contributed by atoms with Gasteiger partial charge in [0, 0.05) is 12.4 Å². The Kier molecular flexibility index (Phi) is 4.36. The van der Waals surface area contributed by atoms with E-state index in [2.05, 4.69) is 5.32 Å². The van der Waals surface area contributed by atoms with Gasteiger partial charge in [0.1, 0.15) is 11.6 Å². The molecule has 1 aromatic rings. The zero-order chi connectivity index (χ0) is 13.8. The SMILES string of the molecule is CC(C)(C)OC(=O)NC(Cn1cccc1)C(=O)O. The standard InChI is InChI=1S/C12H18N2O4/c1-12(2,3)18-11(17)13-9(10(15)16)8-14-6-4-5-7-14/h4-7,9H,8H2,1-3H3,(H,13,17)(H,15,16). The number of hydrogen-bond acceptors (Lipinski definition) is 3. The van der Waals surface area contributed by atoms with Gasteiger partial charge >= 0.3 is 12.1 Å². The van der Waals surface area contributed by atoms with E-state index >= 15 is 0 Å².